The molecule has 1 aromatic heterocycles. The van der Waals surface area contributed by atoms with Gasteiger partial charge in [-0.15, -0.1) is 0 Å². The number of aromatic nitrogens is 1. The normalized spacial score (nSPS) is 14.9. The summed E-state index contributed by atoms with van der Waals surface area (Å²) in [5, 5.41) is 0. The Balaban J connectivity index is 1.95. The number of carbonyl (C=O) groups excluding carboxylic acids is 1. The highest BCUT2D eigenvalue weighted by molar-refractivity contribution is 14.1. The second-order valence-corrected chi connectivity index (χ2v) is 11.7. The van der Waals surface area contributed by atoms with Crippen LogP contribution < -0.4 is 29.1 Å². The van der Waals surface area contributed by atoms with Gasteiger partial charge in [0.15, 0.2) is 4.80 Å². The lowest BCUT2D eigenvalue weighted by Crippen LogP contribution is -2.40. The molecule has 0 spiro atoms. The largest absolute Gasteiger partial charge is 0.497 e. The van der Waals surface area contributed by atoms with E-state index in [4.69, 9.17) is 18.9 Å². The fourth-order valence-corrected chi connectivity index (χ4v) is 7.41. The third-order valence-electron chi connectivity index (χ3n) is 5.91. The molecule has 0 amide bonds. The number of methoxy groups -OCH3 is 2. The van der Waals surface area contributed by atoms with Crippen LogP contribution >= 0.6 is 56.5 Å². The van der Waals surface area contributed by atoms with Crippen LogP contribution in [-0.2, 0) is 9.53 Å². The monoisotopic (exact) mass is 772 g/mol. The van der Waals surface area contributed by atoms with Crippen LogP contribution in [0.1, 0.15) is 31.0 Å². The minimum absolute atomic E-state index is 0.186. The minimum Gasteiger partial charge on any atom is -0.497 e. The van der Waals surface area contributed by atoms with Gasteiger partial charge in [0.05, 0.1) is 43.8 Å². The number of nitrogens with zero attached hydrogens (tertiary/aromatic N) is 2. The van der Waals surface area contributed by atoms with Crippen molar-refractivity contribution in [2.75, 3.05) is 27.4 Å². The molecule has 3 aromatic rings. The lowest BCUT2D eigenvalue weighted by molar-refractivity contribution is -0.139. The van der Waals surface area contributed by atoms with Gasteiger partial charge in [-0.2, -0.15) is 0 Å². The molecule has 39 heavy (non-hydrogen) atoms. The van der Waals surface area contributed by atoms with Gasteiger partial charge in [-0.1, -0.05) is 24.0 Å². The second kappa shape index (κ2) is 12.7. The highest BCUT2D eigenvalue weighted by Gasteiger charge is 2.35. The number of hydrogen-bond acceptors (Lipinski definition) is 8. The van der Waals surface area contributed by atoms with Crippen molar-refractivity contribution in [3.05, 3.63) is 92.2 Å². The van der Waals surface area contributed by atoms with E-state index in [9.17, 15) is 9.59 Å². The fraction of sp³-hybridized carbons (Fsp3) is 0.250. The average molecular weight is 772 g/mol. The first kappa shape index (κ1) is 29.3. The molecule has 2 heterocycles. The zero-order valence-electron chi connectivity index (χ0n) is 21.7. The van der Waals surface area contributed by atoms with Gasteiger partial charge in [0.2, 0.25) is 0 Å². The summed E-state index contributed by atoms with van der Waals surface area (Å²) in [5.74, 6) is 1.30. The van der Waals surface area contributed by atoms with Crippen LogP contribution in [0.3, 0.4) is 0 Å². The van der Waals surface area contributed by atoms with Crippen LogP contribution in [0, 0.1) is 7.14 Å². The van der Waals surface area contributed by atoms with Gasteiger partial charge in [-0.05, 0) is 101 Å². The van der Waals surface area contributed by atoms with Crippen molar-refractivity contribution in [1.82, 2.24) is 4.57 Å². The summed E-state index contributed by atoms with van der Waals surface area (Å²) in [5.41, 5.74) is 1.91. The number of thiazole rings is 1. The summed E-state index contributed by atoms with van der Waals surface area (Å²) in [7, 11) is 3.10. The van der Waals surface area contributed by atoms with E-state index in [1.807, 2.05) is 18.2 Å². The van der Waals surface area contributed by atoms with Crippen LogP contribution in [-0.4, -0.2) is 38.0 Å². The number of hydrogen-bond donors (Lipinski definition) is 0. The van der Waals surface area contributed by atoms with Crippen molar-refractivity contribution in [2.24, 2.45) is 4.99 Å². The number of rotatable bonds is 9. The van der Waals surface area contributed by atoms with Crippen molar-refractivity contribution in [3.63, 3.8) is 0 Å². The van der Waals surface area contributed by atoms with E-state index < -0.39 is 12.0 Å². The Labute approximate surface area is 256 Å². The van der Waals surface area contributed by atoms with Crippen molar-refractivity contribution < 1.29 is 23.7 Å². The summed E-state index contributed by atoms with van der Waals surface area (Å²) >= 11 is 5.70. The van der Waals surface area contributed by atoms with E-state index in [2.05, 4.69) is 56.8 Å². The number of allylic oxidation sites excluding steroid dienone is 1. The molecule has 0 fully saturated rings. The van der Waals surface area contributed by atoms with Crippen LogP contribution in [0.5, 0.6) is 17.2 Å². The minimum atomic E-state index is -0.817. The zero-order valence-corrected chi connectivity index (χ0v) is 26.9. The Hall–Kier alpha value is -2.65. The highest BCUT2D eigenvalue weighted by Crippen LogP contribution is 2.38. The molecule has 1 unspecified atom stereocenters. The van der Waals surface area contributed by atoms with Gasteiger partial charge in [0.1, 0.15) is 29.9 Å². The highest BCUT2D eigenvalue weighted by atomic mass is 127. The number of fused-ring (bicyclic) bond motifs is 1. The number of carbonyl (C=O) groups is 1. The maximum Gasteiger partial charge on any atom is 0.338 e. The maximum atomic E-state index is 14.0. The molecule has 204 valence electrons. The van der Waals surface area contributed by atoms with Crippen molar-refractivity contribution in [1.29, 1.82) is 0 Å². The Bertz CT molecular complexity index is 1630. The van der Waals surface area contributed by atoms with Crippen LogP contribution in [0.25, 0.3) is 6.08 Å². The zero-order chi connectivity index (χ0) is 28.3. The first-order valence-electron chi connectivity index (χ1n) is 11.9. The quantitative estimate of drug-likeness (QED) is 0.180. The molecule has 0 N–H and O–H groups in total. The summed E-state index contributed by atoms with van der Waals surface area (Å²) in [4.78, 5) is 32.3. The lowest BCUT2D eigenvalue weighted by Gasteiger charge is -2.26. The number of ether oxygens (including phenoxy) is 4. The van der Waals surface area contributed by atoms with Crippen LogP contribution in [0.2, 0.25) is 0 Å². The molecule has 0 saturated heterocycles. The second-order valence-electron chi connectivity index (χ2n) is 8.32. The fourth-order valence-electron chi connectivity index (χ4n) is 4.23. The Morgan fingerprint density at radius 2 is 1.90 bits per heavy atom. The molecule has 4 rings (SSSR count). The van der Waals surface area contributed by atoms with E-state index in [1.165, 1.54) is 15.9 Å². The molecule has 2 aromatic carbocycles. The van der Waals surface area contributed by atoms with Gasteiger partial charge >= 0.3 is 5.97 Å². The molecule has 0 saturated carbocycles. The lowest BCUT2D eigenvalue weighted by atomic mass is 9.94. The summed E-state index contributed by atoms with van der Waals surface area (Å²) in [6.07, 6.45) is 3.52. The SMILES string of the molecule is C=CCOc1c(I)cc(/C=c2\sc3n(c2=O)C(c2cc(OC)ccc2OC)C(C(=O)OCC)=C(C)N=3)cc1I. The van der Waals surface area contributed by atoms with Crippen molar-refractivity contribution >= 4 is 68.6 Å². The maximum absolute atomic E-state index is 14.0. The number of halogens is 2. The standard InChI is InChI=1S/C28H26I2N2O6S/c1-6-10-38-25-19(29)11-16(12-20(25)30)13-22-26(33)32-24(18-14-17(35-4)8-9-21(18)36-5)23(27(34)37-7-2)15(3)31-28(32)39-22/h6,8-9,11-14,24H,1,7,10H2,2-5H3/b22-13-. The summed E-state index contributed by atoms with van der Waals surface area (Å²) < 4.78 is 26.1. The van der Waals surface area contributed by atoms with E-state index in [0.29, 0.717) is 38.7 Å². The molecular formula is C28H26I2N2O6S. The topological polar surface area (TPSA) is 88.3 Å². The molecule has 11 heteroatoms. The molecular weight excluding hydrogens is 746 g/mol. The van der Waals surface area contributed by atoms with Crippen molar-refractivity contribution in [2.45, 2.75) is 19.9 Å². The predicted molar refractivity (Wildman–Crippen MR) is 168 cm³/mol. The average Bonchev–Trinajstić information content (AvgIpc) is 3.21. The summed E-state index contributed by atoms with van der Waals surface area (Å²) in [6.45, 7) is 7.77. The van der Waals surface area contributed by atoms with Crippen LogP contribution in [0.15, 0.2) is 64.0 Å². The van der Waals surface area contributed by atoms with Gasteiger partial charge in [-0.25, -0.2) is 9.79 Å². The molecule has 8 nitrogen and oxygen atoms in total. The van der Waals surface area contributed by atoms with E-state index >= 15 is 0 Å². The Kier molecular flexibility index (Phi) is 9.54. The van der Waals surface area contributed by atoms with Gasteiger partial charge < -0.3 is 18.9 Å². The third kappa shape index (κ3) is 5.94. The molecule has 1 atom stereocenters. The Morgan fingerprint density at radius 3 is 2.51 bits per heavy atom. The molecule has 0 radical (unpaired) electrons. The third-order valence-corrected chi connectivity index (χ3v) is 8.50. The van der Waals surface area contributed by atoms with Gasteiger partial charge in [0.25, 0.3) is 5.56 Å². The van der Waals surface area contributed by atoms with Gasteiger partial charge in [0, 0.05) is 5.56 Å². The molecule has 0 bridgehead atoms. The van der Waals surface area contributed by atoms with Gasteiger partial charge in [-0.3, -0.25) is 9.36 Å². The molecule has 1 aliphatic heterocycles. The van der Waals surface area contributed by atoms with E-state index in [1.54, 1.807) is 52.3 Å². The summed E-state index contributed by atoms with van der Waals surface area (Å²) in [6, 6.07) is 8.38. The van der Waals surface area contributed by atoms with Crippen LogP contribution in [0.4, 0.5) is 0 Å². The number of benzene rings is 2. The smallest absolute Gasteiger partial charge is 0.338 e. The van der Waals surface area contributed by atoms with E-state index in [0.717, 1.165) is 18.5 Å². The predicted octanol–water partition coefficient (Wildman–Crippen LogP) is 4.59. The first-order chi connectivity index (χ1) is 18.7. The van der Waals surface area contributed by atoms with Crippen molar-refractivity contribution in [3.8, 4) is 17.2 Å². The first-order valence-corrected chi connectivity index (χ1v) is 14.9. The van der Waals surface area contributed by atoms with E-state index in [-0.39, 0.29) is 17.7 Å². The number of esters is 1. The molecule has 0 aliphatic carbocycles. The molecule has 1 aliphatic rings. The Morgan fingerprint density at radius 1 is 1.18 bits per heavy atom.